The van der Waals surface area contributed by atoms with Crippen LogP contribution in [0.5, 0.6) is 0 Å². The molecular formula is C13H12F4N2. The monoisotopic (exact) mass is 272 g/mol. The van der Waals surface area contributed by atoms with E-state index in [4.69, 9.17) is 5.26 Å². The van der Waals surface area contributed by atoms with Crippen LogP contribution in [0.3, 0.4) is 0 Å². The molecular weight excluding hydrogens is 260 g/mol. The molecule has 0 radical (unpaired) electrons. The summed E-state index contributed by atoms with van der Waals surface area (Å²) in [6, 6.07) is 3.71. The van der Waals surface area contributed by atoms with Crippen molar-refractivity contribution in [2.75, 3.05) is 6.54 Å². The zero-order valence-corrected chi connectivity index (χ0v) is 9.97. The fourth-order valence-electron chi connectivity index (χ4n) is 1.78. The number of hydrogen-bond donors (Lipinski definition) is 1. The minimum absolute atomic E-state index is 0.136. The van der Waals surface area contributed by atoms with Crippen molar-refractivity contribution in [3.63, 3.8) is 0 Å². The smallest absolute Gasteiger partial charge is 0.298 e. The molecule has 0 aromatic heterocycles. The Hall–Kier alpha value is -1.61. The molecule has 1 N–H and O–H groups in total. The first-order chi connectivity index (χ1) is 8.91. The summed E-state index contributed by atoms with van der Waals surface area (Å²) in [4.78, 5) is 0. The van der Waals surface area contributed by atoms with Crippen LogP contribution in [0.2, 0.25) is 0 Å². The van der Waals surface area contributed by atoms with Crippen molar-refractivity contribution in [1.29, 1.82) is 5.26 Å². The SMILES string of the molecule is N#CC(NCC1CC1)c1ccc(F)c(C(F)(F)F)c1. The number of alkyl halides is 3. The van der Waals surface area contributed by atoms with Gasteiger partial charge in [0.05, 0.1) is 11.6 Å². The summed E-state index contributed by atoms with van der Waals surface area (Å²) in [5, 5.41) is 11.9. The Bertz CT molecular complexity index is 500. The van der Waals surface area contributed by atoms with Crippen LogP contribution in [0.4, 0.5) is 17.6 Å². The second-order valence-corrected chi connectivity index (χ2v) is 4.65. The first kappa shape index (κ1) is 13.8. The van der Waals surface area contributed by atoms with E-state index in [1.807, 2.05) is 6.07 Å². The van der Waals surface area contributed by atoms with E-state index < -0.39 is 23.6 Å². The third-order valence-corrected chi connectivity index (χ3v) is 3.07. The first-order valence-corrected chi connectivity index (χ1v) is 5.91. The van der Waals surface area contributed by atoms with Gasteiger partial charge in [-0.2, -0.15) is 18.4 Å². The molecule has 0 saturated heterocycles. The maximum Gasteiger partial charge on any atom is 0.419 e. The molecule has 0 aliphatic heterocycles. The lowest BCUT2D eigenvalue weighted by Crippen LogP contribution is -2.23. The molecule has 1 aromatic carbocycles. The van der Waals surface area contributed by atoms with Gasteiger partial charge >= 0.3 is 6.18 Å². The van der Waals surface area contributed by atoms with E-state index in [0.717, 1.165) is 18.9 Å². The van der Waals surface area contributed by atoms with Crippen molar-refractivity contribution in [1.82, 2.24) is 5.32 Å². The minimum atomic E-state index is -4.75. The van der Waals surface area contributed by atoms with Gasteiger partial charge in [-0.25, -0.2) is 4.39 Å². The Kier molecular flexibility index (Phi) is 3.76. The quantitative estimate of drug-likeness (QED) is 0.853. The van der Waals surface area contributed by atoms with Gasteiger partial charge < -0.3 is 0 Å². The van der Waals surface area contributed by atoms with Crippen molar-refractivity contribution in [3.05, 3.63) is 35.1 Å². The van der Waals surface area contributed by atoms with Gasteiger partial charge in [-0.1, -0.05) is 6.07 Å². The molecule has 2 nitrogen and oxygen atoms in total. The third-order valence-electron chi connectivity index (χ3n) is 3.07. The van der Waals surface area contributed by atoms with Crippen molar-refractivity contribution in [3.8, 4) is 6.07 Å². The molecule has 6 heteroatoms. The van der Waals surface area contributed by atoms with Crippen LogP contribution in [0, 0.1) is 23.1 Å². The fraction of sp³-hybridized carbons (Fsp3) is 0.462. The van der Waals surface area contributed by atoms with Gasteiger partial charge in [-0.3, -0.25) is 5.32 Å². The predicted octanol–water partition coefficient (Wildman–Crippen LogP) is 3.41. The van der Waals surface area contributed by atoms with Gasteiger partial charge in [-0.15, -0.1) is 0 Å². The zero-order chi connectivity index (χ0) is 14.0. The number of hydrogen-bond acceptors (Lipinski definition) is 2. The molecule has 1 saturated carbocycles. The fourth-order valence-corrected chi connectivity index (χ4v) is 1.78. The van der Waals surface area contributed by atoms with E-state index in [1.165, 1.54) is 6.07 Å². The van der Waals surface area contributed by atoms with Crippen LogP contribution in [-0.4, -0.2) is 6.54 Å². The molecule has 19 heavy (non-hydrogen) atoms. The molecule has 1 aliphatic rings. The van der Waals surface area contributed by atoms with Crippen molar-refractivity contribution >= 4 is 0 Å². The second-order valence-electron chi connectivity index (χ2n) is 4.65. The number of benzene rings is 1. The van der Waals surface area contributed by atoms with Crippen molar-refractivity contribution in [2.45, 2.75) is 25.1 Å². The maximum atomic E-state index is 13.1. The van der Waals surface area contributed by atoms with Crippen LogP contribution in [0.15, 0.2) is 18.2 Å². The van der Waals surface area contributed by atoms with E-state index in [2.05, 4.69) is 5.32 Å². The second kappa shape index (κ2) is 5.17. The molecule has 1 unspecified atom stereocenters. The molecule has 1 atom stereocenters. The lowest BCUT2D eigenvalue weighted by atomic mass is 10.0. The van der Waals surface area contributed by atoms with Crippen LogP contribution in [0.1, 0.15) is 30.0 Å². The third kappa shape index (κ3) is 3.44. The molecule has 2 rings (SSSR count). The topological polar surface area (TPSA) is 35.8 Å². The lowest BCUT2D eigenvalue weighted by Gasteiger charge is -2.14. The Labute approximate surface area is 108 Å². The average Bonchev–Trinajstić information content (AvgIpc) is 3.14. The van der Waals surface area contributed by atoms with Crippen molar-refractivity contribution in [2.24, 2.45) is 5.92 Å². The normalized spacial score (nSPS) is 17.0. The summed E-state index contributed by atoms with van der Waals surface area (Å²) in [6.45, 7) is 0.594. The van der Waals surface area contributed by atoms with Crippen LogP contribution in [0.25, 0.3) is 0 Å². The van der Waals surface area contributed by atoms with E-state index >= 15 is 0 Å². The maximum absolute atomic E-state index is 13.1. The standard InChI is InChI=1S/C13H12F4N2/c14-11-4-3-9(5-10(11)13(15,16)17)12(6-18)19-7-8-1-2-8/h3-5,8,12,19H,1-2,7H2. The number of nitrogens with zero attached hydrogens (tertiary/aromatic N) is 1. The molecule has 0 amide bonds. The highest BCUT2D eigenvalue weighted by atomic mass is 19.4. The van der Waals surface area contributed by atoms with Gasteiger partial charge in [0, 0.05) is 0 Å². The van der Waals surface area contributed by atoms with Crippen LogP contribution in [-0.2, 0) is 6.18 Å². The van der Waals surface area contributed by atoms with E-state index in [9.17, 15) is 17.6 Å². The van der Waals surface area contributed by atoms with Gasteiger partial charge in [0.2, 0.25) is 0 Å². The average molecular weight is 272 g/mol. The zero-order valence-electron chi connectivity index (χ0n) is 9.97. The Morgan fingerprint density at radius 2 is 2.05 bits per heavy atom. The number of nitriles is 1. The highest BCUT2D eigenvalue weighted by molar-refractivity contribution is 5.32. The Morgan fingerprint density at radius 1 is 1.37 bits per heavy atom. The summed E-state index contributed by atoms with van der Waals surface area (Å²) < 4.78 is 50.9. The lowest BCUT2D eigenvalue weighted by molar-refractivity contribution is -0.140. The van der Waals surface area contributed by atoms with E-state index in [-0.39, 0.29) is 5.56 Å². The summed E-state index contributed by atoms with van der Waals surface area (Å²) in [7, 11) is 0. The summed E-state index contributed by atoms with van der Waals surface area (Å²) in [5.41, 5.74) is -1.20. The number of rotatable bonds is 4. The summed E-state index contributed by atoms with van der Waals surface area (Å²) in [6.07, 6.45) is -2.61. The van der Waals surface area contributed by atoms with E-state index in [1.54, 1.807) is 0 Å². The molecule has 1 aromatic rings. The predicted molar refractivity (Wildman–Crippen MR) is 60.5 cm³/mol. The molecule has 1 aliphatic carbocycles. The van der Waals surface area contributed by atoms with Crippen LogP contribution < -0.4 is 5.32 Å². The van der Waals surface area contributed by atoms with Gasteiger partial charge in [0.1, 0.15) is 11.9 Å². The Morgan fingerprint density at radius 3 is 2.58 bits per heavy atom. The number of nitrogens with one attached hydrogen (secondary N) is 1. The minimum Gasteiger partial charge on any atom is -0.298 e. The first-order valence-electron chi connectivity index (χ1n) is 5.91. The van der Waals surface area contributed by atoms with Gasteiger partial charge in [0.15, 0.2) is 0 Å². The number of halogens is 4. The molecule has 1 fully saturated rings. The highest BCUT2D eigenvalue weighted by Crippen LogP contribution is 2.33. The molecule has 102 valence electrons. The highest BCUT2D eigenvalue weighted by Gasteiger charge is 2.34. The molecule has 0 spiro atoms. The summed E-state index contributed by atoms with van der Waals surface area (Å²) in [5.74, 6) is -0.825. The summed E-state index contributed by atoms with van der Waals surface area (Å²) >= 11 is 0. The molecule has 0 heterocycles. The van der Waals surface area contributed by atoms with E-state index in [0.29, 0.717) is 18.5 Å². The molecule has 0 bridgehead atoms. The van der Waals surface area contributed by atoms with Gasteiger partial charge in [-0.05, 0) is 43.0 Å². The Balaban J connectivity index is 2.20. The van der Waals surface area contributed by atoms with Crippen LogP contribution >= 0.6 is 0 Å². The van der Waals surface area contributed by atoms with Gasteiger partial charge in [0.25, 0.3) is 0 Å². The largest absolute Gasteiger partial charge is 0.419 e. The van der Waals surface area contributed by atoms with Crippen molar-refractivity contribution < 1.29 is 17.6 Å².